The van der Waals surface area contributed by atoms with Crippen molar-refractivity contribution in [2.24, 2.45) is 4.99 Å². The van der Waals surface area contributed by atoms with Crippen molar-refractivity contribution in [3.8, 4) is 0 Å². The van der Waals surface area contributed by atoms with Crippen LogP contribution in [0.1, 0.15) is 19.0 Å². The molecule has 0 fully saturated rings. The van der Waals surface area contributed by atoms with E-state index >= 15 is 0 Å². The van der Waals surface area contributed by atoms with Gasteiger partial charge in [0.1, 0.15) is 5.65 Å². The molecule has 22 heavy (non-hydrogen) atoms. The second kappa shape index (κ2) is 8.75. The number of imidazole rings is 1. The molecule has 0 spiro atoms. The number of hydrogen-bond donors (Lipinski definition) is 2. The Balaban J connectivity index is 1.81. The molecule has 120 valence electrons. The third-order valence-electron chi connectivity index (χ3n) is 3.09. The summed E-state index contributed by atoms with van der Waals surface area (Å²) in [6.45, 7) is 4.99. The minimum absolute atomic E-state index is 0.629. The highest BCUT2D eigenvalue weighted by Gasteiger charge is 2.03. The smallest absolute Gasteiger partial charge is 0.191 e. The molecule has 0 unspecified atom stereocenters. The Kier molecular flexibility index (Phi) is 6.67. The predicted molar refractivity (Wildman–Crippen MR) is 92.2 cm³/mol. The second-order valence-corrected chi connectivity index (χ2v) is 5.66. The number of nitrogens with zero attached hydrogens (tertiary/aromatic N) is 3. The van der Waals surface area contributed by atoms with Gasteiger partial charge < -0.3 is 19.8 Å². The topological polar surface area (TPSA) is 63.0 Å². The fraction of sp³-hybridized carbons (Fsp3) is 0.467. The Bertz CT molecular complexity index is 625. The first kappa shape index (κ1) is 16.8. The van der Waals surface area contributed by atoms with E-state index in [0.29, 0.717) is 6.54 Å². The van der Waals surface area contributed by atoms with Gasteiger partial charge >= 0.3 is 0 Å². The standard InChI is InChI=1S/C15H22BrN5O/c1-3-22-8-4-7-18-15(17-2)19-9-13-11-21-10-12(16)5-6-14(21)20-13/h5-6,10-11H,3-4,7-9H2,1-2H3,(H2,17,18,19). The number of rotatable bonds is 7. The van der Waals surface area contributed by atoms with Crippen LogP contribution in [0.25, 0.3) is 5.65 Å². The Morgan fingerprint density at radius 3 is 3.00 bits per heavy atom. The van der Waals surface area contributed by atoms with Gasteiger partial charge in [-0.3, -0.25) is 4.99 Å². The lowest BCUT2D eigenvalue weighted by Crippen LogP contribution is -2.37. The van der Waals surface area contributed by atoms with Crippen LogP contribution in [0.5, 0.6) is 0 Å². The van der Waals surface area contributed by atoms with Gasteiger partial charge in [0.15, 0.2) is 5.96 Å². The molecule has 2 aromatic heterocycles. The molecule has 0 aliphatic heterocycles. The van der Waals surface area contributed by atoms with Crippen LogP contribution in [0, 0.1) is 0 Å². The lowest BCUT2D eigenvalue weighted by molar-refractivity contribution is 0.145. The molecule has 2 heterocycles. The number of ether oxygens (including phenoxy) is 1. The molecular weight excluding hydrogens is 346 g/mol. The fourth-order valence-electron chi connectivity index (χ4n) is 2.02. The molecule has 2 aromatic rings. The van der Waals surface area contributed by atoms with E-state index in [4.69, 9.17) is 4.74 Å². The van der Waals surface area contributed by atoms with Crippen molar-refractivity contribution in [2.75, 3.05) is 26.8 Å². The van der Waals surface area contributed by atoms with E-state index in [-0.39, 0.29) is 0 Å². The van der Waals surface area contributed by atoms with E-state index in [0.717, 1.165) is 48.0 Å². The van der Waals surface area contributed by atoms with E-state index in [2.05, 4.69) is 36.5 Å². The molecule has 0 aliphatic carbocycles. The summed E-state index contributed by atoms with van der Waals surface area (Å²) in [6, 6.07) is 3.97. The van der Waals surface area contributed by atoms with Crippen LogP contribution in [0.15, 0.2) is 34.0 Å². The number of aromatic nitrogens is 2. The van der Waals surface area contributed by atoms with Crippen molar-refractivity contribution in [1.29, 1.82) is 0 Å². The number of pyridine rings is 1. The van der Waals surface area contributed by atoms with Gasteiger partial charge in [-0.25, -0.2) is 4.98 Å². The highest BCUT2D eigenvalue weighted by molar-refractivity contribution is 9.10. The van der Waals surface area contributed by atoms with Gasteiger partial charge in [-0.2, -0.15) is 0 Å². The summed E-state index contributed by atoms with van der Waals surface area (Å²) in [5.74, 6) is 0.773. The zero-order chi connectivity index (χ0) is 15.8. The lowest BCUT2D eigenvalue weighted by Gasteiger charge is -2.10. The van der Waals surface area contributed by atoms with E-state index in [1.165, 1.54) is 0 Å². The quantitative estimate of drug-likeness (QED) is 0.447. The van der Waals surface area contributed by atoms with Crippen molar-refractivity contribution in [1.82, 2.24) is 20.0 Å². The molecule has 0 radical (unpaired) electrons. The van der Waals surface area contributed by atoms with Crippen molar-refractivity contribution in [3.63, 3.8) is 0 Å². The SMILES string of the molecule is CCOCCCNC(=NC)NCc1cn2cc(Br)ccc2n1. The zero-order valence-electron chi connectivity index (χ0n) is 13.0. The number of aliphatic imine (C=N–C) groups is 1. The Hall–Kier alpha value is -1.60. The average molecular weight is 368 g/mol. The number of hydrogen-bond acceptors (Lipinski definition) is 3. The largest absolute Gasteiger partial charge is 0.382 e. The molecule has 2 N–H and O–H groups in total. The van der Waals surface area contributed by atoms with Gasteiger partial charge in [-0.1, -0.05) is 0 Å². The lowest BCUT2D eigenvalue weighted by atomic mass is 10.4. The molecular formula is C15H22BrN5O. The minimum Gasteiger partial charge on any atom is -0.382 e. The number of halogens is 1. The molecule has 0 aliphatic rings. The second-order valence-electron chi connectivity index (χ2n) is 4.75. The van der Waals surface area contributed by atoms with Gasteiger partial charge in [0.05, 0.1) is 12.2 Å². The summed E-state index contributed by atoms with van der Waals surface area (Å²) in [6.07, 6.45) is 4.96. The molecule has 0 bridgehead atoms. The normalized spacial score (nSPS) is 11.9. The van der Waals surface area contributed by atoms with Gasteiger partial charge in [0.25, 0.3) is 0 Å². The summed E-state index contributed by atoms with van der Waals surface area (Å²) in [5, 5.41) is 6.52. The van der Waals surface area contributed by atoms with Crippen LogP contribution in [-0.2, 0) is 11.3 Å². The third-order valence-corrected chi connectivity index (χ3v) is 3.56. The fourth-order valence-corrected chi connectivity index (χ4v) is 2.38. The minimum atomic E-state index is 0.629. The van der Waals surface area contributed by atoms with E-state index in [1.807, 2.05) is 35.9 Å². The maximum absolute atomic E-state index is 5.30. The maximum atomic E-state index is 5.30. The van der Waals surface area contributed by atoms with E-state index in [9.17, 15) is 0 Å². The Morgan fingerprint density at radius 2 is 2.23 bits per heavy atom. The molecule has 0 amide bonds. The van der Waals surface area contributed by atoms with Crippen molar-refractivity contribution < 1.29 is 4.74 Å². The van der Waals surface area contributed by atoms with Gasteiger partial charge in [-0.05, 0) is 41.4 Å². The third kappa shape index (κ3) is 4.99. The maximum Gasteiger partial charge on any atom is 0.191 e. The number of fused-ring (bicyclic) bond motifs is 1. The van der Waals surface area contributed by atoms with Crippen molar-refractivity contribution >= 4 is 27.5 Å². The first-order valence-corrected chi connectivity index (χ1v) is 8.17. The molecule has 7 heteroatoms. The van der Waals surface area contributed by atoms with Crippen LogP contribution in [0.4, 0.5) is 0 Å². The predicted octanol–water partition coefficient (Wildman–Crippen LogP) is 2.19. The summed E-state index contributed by atoms with van der Waals surface area (Å²) in [4.78, 5) is 8.76. The van der Waals surface area contributed by atoms with E-state index in [1.54, 1.807) is 7.05 Å². The number of guanidine groups is 1. The van der Waals surface area contributed by atoms with Crippen molar-refractivity contribution in [3.05, 3.63) is 34.7 Å². The van der Waals surface area contributed by atoms with Crippen LogP contribution >= 0.6 is 15.9 Å². The van der Waals surface area contributed by atoms with Crippen LogP contribution < -0.4 is 10.6 Å². The van der Waals surface area contributed by atoms with Gasteiger partial charge in [0.2, 0.25) is 0 Å². The Morgan fingerprint density at radius 1 is 1.36 bits per heavy atom. The molecule has 0 saturated heterocycles. The monoisotopic (exact) mass is 367 g/mol. The first-order chi connectivity index (χ1) is 10.7. The van der Waals surface area contributed by atoms with Crippen LogP contribution in [-0.4, -0.2) is 42.2 Å². The first-order valence-electron chi connectivity index (χ1n) is 7.38. The van der Waals surface area contributed by atoms with Crippen LogP contribution in [0.2, 0.25) is 0 Å². The summed E-state index contributed by atoms with van der Waals surface area (Å²) >= 11 is 3.46. The summed E-state index contributed by atoms with van der Waals surface area (Å²) in [5.41, 5.74) is 1.90. The molecule has 2 rings (SSSR count). The van der Waals surface area contributed by atoms with Crippen molar-refractivity contribution in [2.45, 2.75) is 19.9 Å². The molecule has 0 aromatic carbocycles. The van der Waals surface area contributed by atoms with Crippen LogP contribution in [0.3, 0.4) is 0 Å². The van der Waals surface area contributed by atoms with Gasteiger partial charge in [-0.15, -0.1) is 0 Å². The van der Waals surface area contributed by atoms with Gasteiger partial charge in [0, 0.05) is 43.7 Å². The molecule has 6 nitrogen and oxygen atoms in total. The molecule has 0 atom stereocenters. The zero-order valence-corrected chi connectivity index (χ0v) is 14.6. The molecule has 0 saturated carbocycles. The highest BCUT2D eigenvalue weighted by Crippen LogP contribution is 2.12. The summed E-state index contributed by atoms with van der Waals surface area (Å²) in [7, 11) is 1.76. The number of nitrogens with one attached hydrogen (secondary N) is 2. The average Bonchev–Trinajstić information content (AvgIpc) is 2.92. The Labute approximate surface area is 139 Å². The summed E-state index contributed by atoms with van der Waals surface area (Å²) < 4.78 is 8.34. The highest BCUT2D eigenvalue weighted by atomic mass is 79.9. The van der Waals surface area contributed by atoms with E-state index < -0.39 is 0 Å².